The molecular weight excluding hydrogens is 196 g/mol. The van der Waals surface area contributed by atoms with Crippen LogP contribution in [0.2, 0.25) is 0 Å². The lowest BCUT2D eigenvalue weighted by Crippen LogP contribution is -2.54. The summed E-state index contributed by atoms with van der Waals surface area (Å²) in [6.45, 7) is 5.27. The zero-order chi connectivity index (χ0) is 11.7. The van der Waals surface area contributed by atoms with Gasteiger partial charge in [0.05, 0.1) is 12.5 Å². The molecule has 0 bridgehead atoms. The maximum absolute atomic E-state index is 11.5. The summed E-state index contributed by atoms with van der Waals surface area (Å²) in [5.41, 5.74) is -2.25. The standard InChI is InChI=1S/C10H16N2O3/c1-4-9(2)10(3,14)12(7-5-6-11)8(13)15-9/h14H,4-5,7H2,1-3H3/t9-,10-/m1/s1. The fraction of sp³-hybridized carbons (Fsp3) is 0.800. The molecule has 0 aromatic heterocycles. The molecule has 84 valence electrons. The zero-order valence-electron chi connectivity index (χ0n) is 9.28. The van der Waals surface area contributed by atoms with E-state index in [1.165, 1.54) is 4.90 Å². The molecule has 5 heteroatoms. The van der Waals surface area contributed by atoms with E-state index in [0.29, 0.717) is 6.42 Å². The minimum Gasteiger partial charge on any atom is -0.438 e. The lowest BCUT2D eigenvalue weighted by molar-refractivity contribution is -0.136. The number of nitriles is 1. The Morgan fingerprint density at radius 1 is 1.60 bits per heavy atom. The monoisotopic (exact) mass is 212 g/mol. The van der Waals surface area contributed by atoms with E-state index in [0.717, 1.165) is 0 Å². The van der Waals surface area contributed by atoms with Crippen molar-refractivity contribution in [1.29, 1.82) is 5.26 Å². The van der Waals surface area contributed by atoms with Crippen LogP contribution in [-0.2, 0) is 4.74 Å². The van der Waals surface area contributed by atoms with Crippen LogP contribution in [0.15, 0.2) is 0 Å². The molecule has 0 aromatic rings. The molecule has 0 spiro atoms. The van der Waals surface area contributed by atoms with Crippen molar-refractivity contribution in [2.24, 2.45) is 0 Å². The van der Waals surface area contributed by atoms with E-state index in [9.17, 15) is 9.90 Å². The van der Waals surface area contributed by atoms with Crippen molar-refractivity contribution < 1.29 is 14.6 Å². The highest BCUT2D eigenvalue weighted by Crippen LogP contribution is 2.39. The van der Waals surface area contributed by atoms with Gasteiger partial charge in [0.15, 0.2) is 11.3 Å². The molecule has 0 aliphatic carbocycles. The average molecular weight is 212 g/mol. The fourth-order valence-electron chi connectivity index (χ4n) is 1.69. The molecule has 1 heterocycles. The molecule has 1 fully saturated rings. The van der Waals surface area contributed by atoms with E-state index >= 15 is 0 Å². The van der Waals surface area contributed by atoms with Crippen LogP contribution in [0.3, 0.4) is 0 Å². The second kappa shape index (κ2) is 3.70. The van der Waals surface area contributed by atoms with E-state index in [1.54, 1.807) is 13.8 Å². The number of carbonyl (C=O) groups is 1. The van der Waals surface area contributed by atoms with Gasteiger partial charge in [-0.3, -0.25) is 4.90 Å². The van der Waals surface area contributed by atoms with Crippen molar-refractivity contribution in [3.05, 3.63) is 0 Å². The van der Waals surface area contributed by atoms with Gasteiger partial charge in [-0.1, -0.05) is 6.92 Å². The number of nitrogens with zero attached hydrogens (tertiary/aromatic N) is 2. The van der Waals surface area contributed by atoms with Crippen molar-refractivity contribution in [3.63, 3.8) is 0 Å². The van der Waals surface area contributed by atoms with Gasteiger partial charge in [0.25, 0.3) is 0 Å². The molecule has 1 aliphatic heterocycles. The maximum atomic E-state index is 11.5. The first-order valence-corrected chi connectivity index (χ1v) is 4.99. The van der Waals surface area contributed by atoms with Gasteiger partial charge in [-0.05, 0) is 20.3 Å². The molecule has 5 nitrogen and oxygen atoms in total. The Kier molecular flexibility index (Phi) is 2.91. The van der Waals surface area contributed by atoms with Crippen LogP contribution < -0.4 is 0 Å². The van der Waals surface area contributed by atoms with Crippen molar-refractivity contribution in [2.75, 3.05) is 6.54 Å². The molecule has 0 radical (unpaired) electrons. The van der Waals surface area contributed by atoms with Crippen LogP contribution >= 0.6 is 0 Å². The summed E-state index contributed by atoms with van der Waals surface area (Å²) in [4.78, 5) is 12.7. The van der Waals surface area contributed by atoms with Gasteiger partial charge in [-0.2, -0.15) is 5.26 Å². The predicted molar refractivity (Wildman–Crippen MR) is 52.7 cm³/mol. The van der Waals surface area contributed by atoms with Crippen LogP contribution in [0.1, 0.15) is 33.6 Å². The molecule has 1 saturated heterocycles. The number of carbonyl (C=O) groups excluding carboxylic acids is 1. The molecule has 2 atom stereocenters. The molecule has 0 unspecified atom stereocenters. The first-order valence-electron chi connectivity index (χ1n) is 4.99. The zero-order valence-corrected chi connectivity index (χ0v) is 9.28. The third kappa shape index (κ3) is 1.65. The van der Waals surface area contributed by atoms with E-state index in [4.69, 9.17) is 10.00 Å². The van der Waals surface area contributed by atoms with Gasteiger partial charge in [0.2, 0.25) is 0 Å². The van der Waals surface area contributed by atoms with Crippen LogP contribution in [0, 0.1) is 11.3 Å². The number of aliphatic hydroxyl groups is 1. The van der Waals surface area contributed by atoms with Crippen molar-refractivity contribution >= 4 is 6.09 Å². The second-order valence-corrected chi connectivity index (χ2v) is 4.03. The Bertz CT molecular complexity index is 308. The summed E-state index contributed by atoms with van der Waals surface area (Å²) in [6, 6.07) is 1.94. The van der Waals surface area contributed by atoms with Gasteiger partial charge < -0.3 is 9.84 Å². The number of cyclic esters (lactones) is 1. The highest BCUT2D eigenvalue weighted by atomic mass is 16.6. The van der Waals surface area contributed by atoms with E-state index in [1.807, 2.05) is 13.0 Å². The third-order valence-electron chi connectivity index (χ3n) is 3.18. The van der Waals surface area contributed by atoms with Crippen LogP contribution in [0.5, 0.6) is 0 Å². The minimum atomic E-state index is -1.35. The van der Waals surface area contributed by atoms with Crippen LogP contribution in [0.4, 0.5) is 4.79 Å². The summed E-state index contributed by atoms with van der Waals surface area (Å²) >= 11 is 0. The SMILES string of the molecule is CC[C@@]1(C)OC(=O)N(CCC#N)[C@]1(C)O. The predicted octanol–water partition coefficient (Wildman–Crippen LogP) is 1.23. The first kappa shape index (κ1) is 11.8. The number of ether oxygens (including phenoxy) is 1. The largest absolute Gasteiger partial charge is 0.438 e. The normalized spacial score (nSPS) is 35.1. The summed E-state index contributed by atoms with van der Waals surface area (Å²) in [5, 5.41) is 18.7. The molecule has 1 aliphatic rings. The lowest BCUT2D eigenvalue weighted by atomic mass is 9.91. The van der Waals surface area contributed by atoms with Gasteiger partial charge in [-0.15, -0.1) is 0 Å². The van der Waals surface area contributed by atoms with Crippen molar-refractivity contribution in [3.8, 4) is 6.07 Å². The second-order valence-electron chi connectivity index (χ2n) is 4.03. The molecule has 1 rings (SSSR count). The summed E-state index contributed by atoms with van der Waals surface area (Å²) in [7, 11) is 0. The highest BCUT2D eigenvalue weighted by molar-refractivity contribution is 5.72. The minimum absolute atomic E-state index is 0.186. The van der Waals surface area contributed by atoms with E-state index in [-0.39, 0.29) is 13.0 Å². The molecule has 0 aromatic carbocycles. The Morgan fingerprint density at radius 3 is 2.60 bits per heavy atom. The van der Waals surface area contributed by atoms with Crippen LogP contribution in [0.25, 0.3) is 0 Å². The summed E-state index contributed by atoms with van der Waals surface area (Å²) in [6.07, 6.45) is 0.152. The fourth-order valence-corrected chi connectivity index (χ4v) is 1.69. The van der Waals surface area contributed by atoms with E-state index < -0.39 is 17.4 Å². The van der Waals surface area contributed by atoms with Gasteiger partial charge in [0, 0.05) is 6.54 Å². The highest BCUT2D eigenvalue weighted by Gasteiger charge is 2.57. The van der Waals surface area contributed by atoms with Crippen molar-refractivity contribution in [1.82, 2.24) is 4.90 Å². The topological polar surface area (TPSA) is 73.6 Å². The van der Waals surface area contributed by atoms with Gasteiger partial charge in [0.1, 0.15) is 0 Å². The van der Waals surface area contributed by atoms with Crippen LogP contribution in [-0.4, -0.2) is 34.0 Å². The smallest absolute Gasteiger partial charge is 0.412 e. The van der Waals surface area contributed by atoms with Gasteiger partial charge in [-0.25, -0.2) is 4.79 Å². The average Bonchev–Trinajstić information content (AvgIpc) is 2.33. The van der Waals surface area contributed by atoms with Gasteiger partial charge >= 0.3 is 6.09 Å². The third-order valence-corrected chi connectivity index (χ3v) is 3.18. The summed E-state index contributed by atoms with van der Waals surface area (Å²) < 4.78 is 5.15. The Morgan fingerprint density at radius 2 is 2.20 bits per heavy atom. The van der Waals surface area contributed by atoms with E-state index in [2.05, 4.69) is 0 Å². The van der Waals surface area contributed by atoms with Crippen molar-refractivity contribution in [2.45, 2.75) is 44.9 Å². The Hall–Kier alpha value is -1.28. The molecular formula is C10H16N2O3. The molecule has 1 N–H and O–H groups in total. The quantitative estimate of drug-likeness (QED) is 0.763. The maximum Gasteiger partial charge on any atom is 0.412 e. The number of rotatable bonds is 3. The molecule has 15 heavy (non-hydrogen) atoms. The Labute approximate surface area is 89.2 Å². The molecule has 1 amide bonds. The molecule has 0 saturated carbocycles. The number of hydrogen-bond acceptors (Lipinski definition) is 4. The lowest BCUT2D eigenvalue weighted by Gasteiger charge is -2.36. The Balaban J connectivity index is 2.91. The summed E-state index contributed by atoms with van der Waals surface area (Å²) in [5.74, 6) is 0. The number of hydrogen-bond donors (Lipinski definition) is 1. The number of amides is 1. The first-order chi connectivity index (χ1) is 6.89.